The fourth-order valence-corrected chi connectivity index (χ4v) is 1.81. The van der Waals surface area contributed by atoms with Gasteiger partial charge in [0.2, 0.25) is 0 Å². The second-order valence-electron chi connectivity index (χ2n) is 4.51. The molecule has 0 spiro atoms. The topological polar surface area (TPSA) is 52.0 Å². The van der Waals surface area contributed by atoms with Gasteiger partial charge in [-0.1, -0.05) is 12.1 Å². The molecule has 1 heterocycles. The number of halogens is 1. The number of hydrogen-bond donors (Lipinski definition) is 1. The molecule has 0 bridgehead atoms. The van der Waals surface area contributed by atoms with Crippen molar-refractivity contribution in [3.63, 3.8) is 0 Å². The lowest BCUT2D eigenvalue weighted by Crippen LogP contribution is -2.12. The maximum Gasteiger partial charge on any atom is 0.123 e. The van der Waals surface area contributed by atoms with E-state index in [4.69, 9.17) is 4.74 Å². The first kappa shape index (κ1) is 14.5. The first-order chi connectivity index (χ1) is 9.69. The minimum Gasteiger partial charge on any atom is -0.491 e. The Hall–Kier alpha value is -1.95. The van der Waals surface area contributed by atoms with Crippen molar-refractivity contribution in [1.82, 2.24) is 20.3 Å². The van der Waals surface area contributed by atoms with Crippen LogP contribution < -0.4 is 10.1 Å². The fraction of sp³-hybridized carbons (Fsp3) is 0.429. The standard InChI is InChI=1S/C14H19FN4O/c1-3-16-9-13-10-19(18-17-13)6-7-20-14-5-4-12(15)8-11(14)2/h4-5,8,10,16H,3,6-7,9H2,1-2H3. The SMILES string of the molecule is CCNCc1cn(CCOc2ccc(F)cc2C)nn1. The van der Waals surface area contributed by atoms with Crippen LogP contribution in [0.5, 0.6) is 5.75 Å². The Morgan fingerprint density at radius 3 is 3.00 bits per heavy atom. The van der Waals surface area contributed by atoms with Gasteiger partial charge in [-0.25, -0.2) is 9.07 Å². The molecular formula is C14H19FN4O. The highest BCUT2D eigenvalue weighted by molar-refractivity contribution is 5.32. The third kappa shape index (κ3) is 4.03. The summed E-state index contributed by atoms with van der Waals surface area (Å²) in [5.41, 5.74) is 1.70. The summed E-state index contributed by atoms with van der Waals surface area (Å²) in [5, 5.41) is 11.3. The second-order valence-corrected chi connectivity index (χ2v) is 4.51. The Bertz CT molecular complexity index is 556. The van der Waals surface area contributed by atoms with Crippen molar-refractivity contribution in [3.05, 3.63) is 41.5 Å². The number of aromatic nitrogens is 3. The zero-order valence-electron chi connectivity index (χ0n) is 11.8. The van der Waals surface area contributed by atoms with Crippen molar-refractivity contribution in [2.75, 3.05) is 13.2 Å². The van der Waals surface area contributed by atoms with Crippen LogP contribution in [0.4, 0.5) is 4.39 Å². The first-order valence-corrected chi connectivity index (χ1v) is 6.67. The lowest BCUT2D eigenvalue weighted by molar-refractivity contribution is 0.287. The van der Waals surface area contributed by atoms with E-state index in [2.05, 4.69) is 15.6 Å². The number of ether oxygens (including phenoxy) is 1. The van der Waals surface area contributed by atoms with E-state index in [-0.39, 0.29) is 5.82 Å². The van der Waals surface area contributed by atoms with Gasteiger partial charge >= 0.3 is 0 Å². The van der Waals surface area contributed by atoms with E-state index in [9.17, 15) is 4.39 Å². The van der Waals surface area contributed by atoms with Gasteiger partial charge in [-0.2, -0.15) is 0 Å². The zero-order valence-corrected chi connectivity index (χ0v) is 11.8. The summed E-state index contributed by atoms with van der Waals surface area (Å²) in [5.74, 6) is 0.443. The van der Waals surface area contributed by atoms with Crippen molar-refractivity contribution < 1.29 is 9.13 Å². The smallest absolute Gasteiger partial charge is 0.123 e. The molecule has 5 nitrogen and oxygen atoms in total. The Labute approximate surface area is 117 Å². The molecule has 2 rings (SSSR count). The molecule has 1 aromatic heterocycles. The fourth-order valence-electron chi connectivity index (χ4n) is 1.81. The van der Waals surface area contributed by atoms with Crippen LogP contribution in [0.25, 0.3) is 0 Å². The van der Waals surface area contributed by atoms with Gasteiger partial charge in [0.1, 0.15) is 18.2 Å². The molecule has 0 radical (unpaired) electrons. The maximum atomic E-state index is 13.0. The molecule has 6 heteroatoms. The summed E-state index contributed by atoms with van der Waals surface area (Å²) >= 11 is 0. The quantitative estimate of drug-likeness (QED) is 0.840. The minimum atomic E-state index is -0.251. The normalized spacial score (nSPS) is 10.8. The molecule has 0 aliphatic heterocycles. The summed E-state index contributed by atoms with van der Waals surface area (Å²) in [6.07, 6.45) is 1.89. The van der Waals surface area contributed by atoms with Crippen molar-refractivity contribution >= 4 is 0 Å². The molecule has 1 N–H and O–H groups in total. The van der Waals surface area contributed by atoms with E-state index in [0.717, 1.165) is 17.8 Å². The van der Waals surface area contributed by atoms with Crippen molar-refractivity contribution in [1.29, 1.82) is 0 Å². The molecule has 0 amide bonds. The molecular weight excluding hydrogens is 259 g/mol. The summed E-state index contributed by atoms with van der Waals surface area (Å²) in [4.78, 5) is 0. The summed E-state index contributed by atoms with van der Waals surface area (Å²) in [7, 11) is 0. The summed E-state index contributed by atoms with van der Waals surface area (Å²) in [6, 6.07) is 4.49. The van der Waals surface area contributed by atoms with Crippen molar-refractivity contribution in [2.24, 2.45) is 0 Å². The Kier molecular flexibility index (Phi) is 5.06. The van der Waals surface area contributed by atoms with Gasteiger partial charge < -0.3 is 10.1 Å². The molecule has 108 valence electrons. The van der Waals surface area contributed by atoms with E-state index in [1.807, 2.05) is 20.0 Å². The molecule has 0 atom stereocenters. The molecule has 0 unspecified atom stereocenters. The molecule has 0 saturated heterocycles. The molecule has 0 aliphatic rings. The monoisotopic (exact) mass is 278 g/mol. The number of nitrogens with one attached hydrogen (secondary N) is 1. The number of aryl methyl sites for hydroxylation is 1. The number of nitrogens with zero attached hydrogens (tertiary/aromatic N) is 3. The highest BCUT2D eigenvalue weighted by Gasteiger charge is 2.03. The van der Waals surface area contributed by atoms with E-state index in [1.54, 1.807) is 10.7 Å². The van der Waals surface area contributed by atoms with Crippen LogP contribution in [0.15, 0.2) is 24.4 Å². The third-order valence-electron chi connectivity index (χ3n) is 2.86. The molecule has 0 aliphatic carbocycles. The van der Waals surface area contributed by atoms with Gasteiger partial charge in [-0.3, -0.25) is 0 Å². The third-order valence-corrected chi connectivity index (χ3v) is 2.86. The Morgan fingerprint density at radius 2 is 2.25 bits per heavy atom. The van der Waals surface area contributed by atoms with Crippen LogP contribution in [-0.4, -0.2) is 28.1 Å². The zero-order chi connectivity index (χ0) is 14.4. The van der Waals surface area contributed by atoms with Crippen molar-refractivity contribution in [2.45, 2.75) is 26.9 Å². The number of hydrogen-bond acceptors (Lipinski definition) is 4. The molecule has 20 heavy (non-hydrogen) atoms. The van der Waals surface area contributed by atoms with Gasteiger partial charge in [0.15, 0.2) is 0 Å². The molecule has 0 saturated carbocycles. The average Bonchev–Trinajstić information content (AvgIpc) is 2.87. The van der Waals surface area contributed by atoms with E-state index in [0.29, 0.717) is 25.4 Å². The van der Waals surface area contributed by atoms with Crippen LogP contribution in [0, 0.1) is 12.7 Å². The van der Waals surface area contributed by atoms with Crippen LogP contribution in [0.2, 0.25) is 0 Å². The average molecular weight is 278 g/mol. The number of rotatable bonds is 7. The van der Waals surface area contributed by atoms with Gasteiger partial charge in [-0.15, -0.1) is 5.10 Å². The van der Waals surface area contributed by atoms with E-state index >= 15 is 0 Å². The van der Waals surface area contributed by atoms with Gasteiger partial charge in [0, 0.05) is 12.7 Å². The van der Waals surface area contributed by atoms with Crippen LogP contribution in [0.1, 0.15) is 18.2 Å². The largest absolute Gasteiger partial charge is 0.491 e. The summed E-state index contributed by atoms with van der Waals surface area (Å²) in [6.45, 7) is 6.56. The molecule has 2 aromatic rings. The predicted molar refractivity (Wildman–Crippen MR) is 74.0 cm³/mol. The maximum absolute atomic E-state index is 13.0. The van der Waals surface area contributed by atoms with E-state index in [1.165, 1.54) is 12.1 Å². The van der Waals surface area contributed by atoms with E-state index < -0.39 is 0 Å². The number of benzene rings is 1. The minimum absolute atomic E-state index is 0.251. The van der Waals surface area contributed by atoms with Gasteiger partial charge in [0.25, 0.3) is 0 Å². The highest BCUT2D eigenvalue weighted by atomic mass is 19.1. The molecule has 1 aromatic carbocycles. The second kappa shape index (κ2) is 7.00. The van der Waals surface area contributed by atoms with Gasteiger partial charge in [-0.05, 0) is 37.2 Å². The van der Waals surface area contributed by atoms with Crippen LogP contribution in [0.3, 0.4) is 0 Å². The first-order valence-electron chi connectivity index (χ1n) is 6.67. The highest BCUT2D eigenvalue weighted by Crippen LogP contribution is 2.18. The van der Waals surface area contributed by atoms with Crippen molar-refractivity contribution in [3.8, 4) is 5.75 Å². The van der Waals surface area contributed by atoms with Crippen LogP contribution in [-0.2, 0) is 13.1 Å². The predicted octanol–water partition coefficient (Wildman–Crippen LogP) is 1.91. The lowest BCUT2D eigenvalue weighted by Gasteiger charge is -2.08. The van der Waals surface area contributed by atoms with Gasteiger partial charge in [0.05, 0.1) is 12.2 Å². The molecule has 0 fully saturated rings. The Morgan fingerprint density at radius 1 is 1.40 bits per heavy atom. The van der Waals surface area contributed by atoms with Crippen LogP contribution >= 0.6 is 0 Å². The summed E-state index contributed by atoms with van der Waals surface area (Å²) < 4.78 is 20.3. The lowest BCUT2D eigenvalue weighted by atomic mass is 10.2. The Balaban J connectivity index is 1.82.